The Morgan fingerprint density at radius 1 is 1.08 bits per heavy atom. The van der Waals surface area contributed by atoms with Gasteiger partial charge < -0.3 is 18.9 Å². The summed E-state index contributed by atoms with van der Waals surface area (Å²) in [5.41, 5.74) is 0.755. The van der Waals surface area contributed by atoms with Gasteiger partial charge in [-0.1, -0.05) is 12.1 Å². The van der Waals surface area contributed by atoms with Crippen LogP contribution < -0.4 is 18.9 Å². The third-order valence-corrected chi connectivity index (χ3v) is 3.16. The first-order valence-corrected chi connectivity index (χ1v) is 7.38. The molecule has 0 amide bonds. The van der Waals surface area contributed by atoms with Gasteiger partial charge in [0.1, 0.15) is 11.5 Å². The molecule has 2 aromatic rings. The van der Waals surface area contributed by atoms with Crippen LogP contribution in [0.5, 0.6) is 23.0 Å². The van der Waals surface area contributed by atoms with E-state index in [1.807, 2.05) is 6.07 Å². The first kappa shape index (κ1) is 17.9. The van der Waals surface area contributed by atoms with Crippen molar-refractivity contribution in [1.82, 2.24) is 0 Å². The minimum Gasteiger partial charge on any atom is -0.497 e. The van der Waals surface area contributed by atoms with Gasteiger partial charge >= 0.3 is 5.97 Å². The molecule has 0 aliphatic rings. The molecule has 0 aromatic heterocycles. The molecule has 0 N–H and O–H groups in total. The average molecular weight is 339 g/mol. The van der Waals surface area contributed by atoms with Crippen molar-refractivity contribution in [2.24, 2.45) is 0 Å². The van der Waals surface area contributed by atoms with Gasteiger partial charge in [-0.2, -0.15) is 5.26 Å². The highest BCUT2D eigenvalue weighted by Crippen LogP contribution is 2.28. The lowest BCUT2D eigenvalue weighted by Crippen LogP contribution is -2.18. The van der Waals surface area contributed by atoms with Crippen LogP contribution in [0.4, 0.5) is 0 Å². The SMILES string of the molecule is COc1cccc(OCC(=O)Oc2ccc(/C=C\C#N)cc2OC)c1. The Kier molecular flexibility index (Phi) is 6.43. The van der Waals surface area contributed by atoms with E-state index < -0.39 is 5.97 Å². The van der Waals surface area contributed by atoms with Gasteiger partial charge in [-0.15, -0.1) is 0 Å². The summed E-state index contributed by atoms with van der Waals surface area (Å²) >= 11 is 0. The third-order valence-electron chi connectivity index (χ3n) is 3.16. The van der Waals surface area contributed by atoms with Crippen LogP contribution in [0.3, 0.4) is 0 Å². The smallest absolute Gasteiger partial charge is 0.349 e. The summed E-state index contributed by atoms with van der Waals surface area (Å²) in [6.07, 6.45) is 2.97. The Morgan fingerprint density at radius 3 is 2.60 bits per heavy atom. The number of benzene rings is 2. The van der Waals surface area contributed by atoms with Gasteiger partial charge in [-0.05, 0) is 35.9 Å². The molecule has 0 radical (unpaired) electrons. The van der Waals surface area contributed by atoms with Crippen LogP contribution in [0.1, 0.15) is 5.56 Å². The number of rotatable bonds is 7. The second-order valence-electron chi connectivity index (χ2n) is 4.81. The van der Waals surface area contributed by atoms with Crippen molar-refractivity contribution >= 4 is 12.0 Å². The number of hydrogen-bond donors (Lipinski definition) is 0. The summed E-state index contributed by atoms with van der Waals surface area (Å²) in [6, 6.07) is 13.8. The van der Waals surface area contributed by atoms with Crippen LogP contribution in [-0.4, -0.2) is 26.8 Å². The number of hydrogen-bond acceptors (Lipinski definition) is 6. The molecule has 0 saturated carbocycles. The monoisotopic (exact) mass is 339 g/mol. The molecule has 6 nitrogen and oxygen atoms in total. The molecule has 0 spiro atoms. The van der Waals surface area contributed by atoms with E-state index >= 15 is 0 Å². The topological polar surface area (TPSA) is 77.8 Å². The lowest BCUT2D eigenvalue weighted by atomic mass is 10.2. The Balaban J connectivity index is 1.99. The van der Waals surface area contributed by atoms with Crippen LogP contribution in [0.25, 0.3) is 6.08 Å². The molecule has 0 fully saturated rings. The van der Waals surface area contributed by atoms with Gasteiger partial charge in [0.25, 0.3) is 0 Å². The molecule has 2 aromatic carbocycles. The Morgan fingerprint density at radius 2 is 1.88 bits per heavy atom. The predicted molar refractivity (Wildman–Crippen MR) is 91.8 cm³/mol. The van der Waals surface area contributed by atoms with Crippen molar-refractivity contribution in [3.8, 4) is 29.1 Å². The number of methoxy groups -OCH3 is 2. The van der Waals surface area contributed by atoms with Crippen molar-refractivity contribution in [1.29, 1.82) is 5.26 Å². The van der Waals surface area contributed by atoms with Gasteiger partial charge in [0.15, 0.2) is 18.1 Å². The summed E-state index contributed by atoms with van der Waals surface area (Å²) < 4.78 is 21.0. The van der Waals surface area contributed by atoms with Gasteiger partial charge in [0.05, 0.1) is 20.3 Å². The Hall–Kier alpha value is -3.46. The van der Waals surface area contributed by atoms with E-state index in [0.717, 1.165) is 5.56 Å². The number of ether oxygens (including phenoxy) is 4. The third kappa shape index (κ3) is 5.29. The van der Waals surface area contributed by atoms with Crippen LogP contribution in [0.15, 0.2) is 48.5 Å². The molecule has 0 atom stereocenters. The van der Waals surface area contributed by atoms with Crippen LogP contribution in [0, 0.1) is 11.3 Å². The maximum atomic E-state index is 12.0. The van der Waals surface area contributed by atoms with Gasteiger partial charge in [-0.25, -0.2) is 4.79 Å². The molecular weight excluding hydrogens is 322 g/mol. The predicted octanol–water partition coefficient (Wildman–Crippen LogP) is 3.22. The number of esters is 1. The summed E-state index contributed by atoms with van der Waals surface area (Å²) in [5, 5.41) is 8.55. The lowest BCUT2D eigenvalue weighted by molar-refractivity contribution is -0.136. The van der Waals surface area contributed by atoms with E-state index in [1.165, 1.54) is 13.2 Å². The molecule has 0 aliphatic heterocycles. The maximum Gasteiger partial charge on any atom is 0.349 e. The second kappa shape index (κ2) is 8.99. The zero-order valence-corrected chi connectivity index (χ0v) is 13.9. The molecule has 0 aliphatic carbocycles. The quantitative estimate of drug-likeness (QED) is 0.438. The molecule has 0 heterocycles. The molecule has 25 heavy (non-hydrogen) atoms. The number of allylic oxidation sites excluding steroid dienone is 1. The molecule has 0 bridgehead atoms. The van der Waals surface area contributed by atoms with Crippen LogP contribution >= 0.6 is 0 Å². The minimum absolute atomic E-state index is 0.258. The summed E-state index contributed by atoms with van der Waals surface area (Å²) in [4.78, 5) is 12.0. The van der Waals surface area contributed by atoms with E-state index in [9.17, 15) is 4.79 Å². The standard InChI is InChI=1S/C19H17NO5/c1-22-15-6-3-7-16(12-15)24-13-19(21)25-17-9-8-14(5-4-10-20)11-18(17)23-2/h3-9,11-12H,13H2,1-2H3/b5-4-. The van der Waals surface area contributed by atoms with Crippen molar-refractivity contribution < 1.29 is 23.7 Å². The highest BCUT2D eigenvalue weighted by molar-refractivity contribution is 5.75. The van der Waals surface area contributed by atoms with Gasteiger partial charge in [-0.3, -0.25) is 0 Å². The summed E-state index contributed by atoms with van der Waals surface area (Å²) in [6.45, 7) is -0.258. The lowest BCUT2D eigenvalue weighted by Gasteiger charge is -2.11. The fourth-order valence-corrected chi connectivity index (χ4v) is 1.99. The molecule has 0 saturated heterocycles. The molecule has 0 unspecified atom stereocenters. The second-order valence-corrected chi connectivity index (χ2v) is 4.81. The van der Waals surface area contributed by atoms with E-state index in [4.69, 9.17) is 24.2 Å². The molecular formula is C19H17NO5. The van der Waals surface area contributed by atoms with E-state index in [1.54, 1.807) is 55.7 Å². The van der Waals surface area contributed by atoms with Gasteiger partial charge in [0.2, 0.25) is 0 Å². The molecule has 6 heteroatoms. The largest absolute Gasteiger partial charge is 0.497 e. The van der Waals surface area contributed by atoms with E-state index in [2.05, 4.69) is 0 Å². The normalized spacial score (nSPS) is 10.1. The summed E-state index contributed by atoms with van der Waals surface area (Å²) in [7, 11) is 3.02. The first-order chi connectivity index (χ1) is 12.2. The Bertz CT molecular complexity index is 808. The van der Waals surface area contributed by atoms with Gasteiger partial charge in [0, 0.05) is 12.1 Å². The number of carbonyl (C=O) groups is 1. The number of nitriles is 1. The fourth-order valence-electron chi connectivity index (χ4n) is 1.99. The van der Waals surface area contributed by atoms with Crippen molar-refractivity contribution in [3.05, 3.63) is 54.1 Å². The molecule has 2 rings (SSSR count). The fraction of sp³-hybridized carbons (Fsp3) is 0.158. The van der Waals surface area contributed by atoms with E-state index in [0.29, 0.717) is 17.2 Å². The zero-order valence-electron chi connectivity index (χ0n) is 13.9. The summed E-state index contributed by atoms with van der Waals surface area (Å²) in [5.74, 6) is 1.22. The molecule has 128 valence electrons. The van der Waals surface area contributed by atoms with E-state index in [-0.39, 0.29) is 12.4 Å². The number of nitrogens with zero attached hydrogens (tertiary/aromatic N) is 1. The minimum atomic E-state index is -0.568. The average Bonchev–Trinajstić information content (AvgIpc) is 2.65. The van der Waals surface area contributed by atoms with Crippen molar-refractivity contribution in [2.45, 2.75) is 0 Å². The number of carbonyl (C=O) groups excluding carboxylic acids is 1. The van der Waals surface area contributed by atoms with Crippen molar-refractivity contribution in [3.63, 3.8) is 0 Å². The highest BCUT2D eigenvalue weighted by atomic mass is 16.6. The highest BCUT2D eigenvalue weighted by Gasteiger charge is 2.11. The zero-order chi connectivity index (χ0) is 18.1. The van der Waals surface area contributed by atoms with Crippen LogP contribution in [0.2, 0.25) is 0 Å². The van der Waals surface area contributed by atoms with Crippen molar-refractivity contribution in [2.75, 3.05) is 20.8 Å². The van der Waals surface area contributed by atoms with Crippen LogP contribution in [-0.2, 0) is 4.79 Å². The first-order valence-electron chi connectivity index (χ1n) is 7.38. The Labute approximate surface area is 145 Å². The maximum absolute atomic E-state index is 12.0.